The van der Waals surface area contributed by atoms with Crippen LogP contribution in [0.25, 0.3) is 0 Å². The van der Waals surface area contributed by atoms with E-state index in [1.54, 1.807) is 18.2 Å². The Morgan fingerprint density at radius 3 is 2.53 bits per heavy atom. The first-order valence-electron chi connectivity index (χ1n) is 5.15. The normalized spacial score (nSPS) is 10.3. The monoisotopic (exact) mass is 308 g/mol. The summed E-state index contributed by atoms with van der Waals surface area (Å²) < 4.78 is 0.803. The summed E-state index contributed by atoms with van der Waals surface area (Å²) in [5.41, 5.74) is 2.22. The van der Waals surface area contributed by atoms with E-state index in [1.165, 1.54) is 0 Å². The van der Waals surface area contributed by atoms with E-state index in [0.717, 1.165) is 10.0 Å². The number of halogens is 2. The molecule has 3 heteroatoms. The van der Waals surface area contributed by atoms with Crippen molar-refractivity contribution in [3.63, 3.8) is 0 Å². The van der Waals surface area contributed by atoms with E-state index in [2.05, 4.69) is 15.9 Å². The molecule has 0 fully saturated rings. The van der Waals surface area contributed by atoms with Gasteiger partial charge < -0.3 is 0 Å². The zero-order valence-electron chi connectivity index (χ0n) is 9.21. The molecular formula is C14H10BrClO. The van der Waals surface area contributed by atoms with Crippen LogP contribution in [0.3, 0.4) is 0 Å². The van der Waals surface area contributed by atoms with Crippen LogP contribution in [0.15, 0.2) is 46.9 Å². The van der Waals surface area contributed by atoms with Crippen LogP contribution < -0.4 is 0 Å². The predicted molar refractivity (Wildman–Crippen MR) is 73.8 cm³/mol. The molecule has 17 heavy (non-hydrogen) atoms. The highest BCUT2D eigenvalue weighted by atomic mass is 79.9. The van der Waals surface area contributed by atoms with Crippen LogP contribution in [0.5, 0.6) is 0 Å². The molecule has 0 spiro atoms. The summed E-state index contributed by atoms with van der Waals surface area (Å²) in [7, 11) is 0. The Morgan fingerprint density at radius 1 is 1.18 bits per heavy atom. The molecule has 0 saturated carbocycles. The Morgan fingerprint density at radius 2 is 1.88 bits per heavy atom. The van der Waals surface area contributed by atoms with Gasteiger partial charge in [-0.2, -0.15) is 0 Å². The third-order valence-corrected chi connectivity index (χ3v) is 3.65. The van der Waals surface area contributed by atoms with Crippen LogP contribution >= 0.6 is 27.5 Å². The fourth-order valence-electron chi connectivity index (χ4n) is 1.59. The van der Waals surface area contributed by atoms with Gasteiger partial charge in [-0.05, 0) is 42.8 Å². The van der Waals surface area contributed by atoms with Gasteiger partial charge in [0.25, 0.3) is 0 Å². The van der Waals surface area contributed by atoms with Crippen molar-refractivity contribution in [2.75, 3.05) is 0 Å². The second kappa shape index (κ2) is 5.03. The third kappa shape index (κ3) is 2.59. The Hall–Kier alpha value is -1.12. The topological polar surface area (TPSA) is 17.1 Å². The van der Waals surface area contributed by atoms with E-state index in [9.17, 15) is 4.79 Å². The first kappa shape index (κ1) is 12.3. The number of carbonyl (C=O) groups is 1. The van der Waals surface area contributed by atoms with Crippen molar-refractivity contribution in [1.82, 2.24) is 0 Å². The molecule has 0 amide bonds. The Labute approximate surface area is 114 Å². The fraction of sp³-hybridized carbons (Fsp3) is 0.0714. The molecule has 0 bridgehead atoms. The van der Waals surface area contributed by atoms with E-state index in [-0.39, 0.29) is 5.78 Å². The minimum absolute atomic E-state index is 0.00255. The summed E-state index contributed by atoms with van der Waals surface area (Å²) in [6.45, 7) is 1.89. The Kier molecular flexibility index (Phi) is 3.65. The zero-order valence-corrected chi connectivity index (χ0v) is 11.5. The van der Waals surface area contributed by atoms with Gasteiger partial charge in [0, 0.05) is 20.6 Å². The molecule has 0 atom stereocenters. The van der Waals surface area contributed by atoms with Crippen LogP contribution in [0, 0.1) is 6.92 Å². The van der Waals surface area contributed by atoms with Gasteiger partial charge in [-0.3, -0.25) is 4.79 Å². The molecule has 2 aromatic rings. The van der Waals surface area contributed by atoms with Gasteiger partial charge in [-0.25, -0.2) is 0 Å². The highest BCUT2D eigenvalue weighted by molar-refractivity contribution is 9.10. The van der Waals surface area contributed by atoms with Crippen molar-refractivity contribution in [1.29, 1.82) is 0 Å². The first-order valence-corrected chi connectivity index (χ1v) is 6.32. The van der Waals surface area contributed by atoms with Crippen LogP contribution in [0.1, 0.15) is 21.5 Å². The second-order valence-electron chi connectivity index (χ2n) is 3.77. The lowest BCUT2D eigenvalue weighted by Gasteiger charge is -2.05. The van der Waals surface area contributed by atoms with Crippen molar-refractivity contribution in [2.45, 2.75) is 6.92 Å². The van der Waals surface area contributed by atoms with Crippen LogP contribution in [0.2, 0.25) is 5.02 Å². The maximum absolute atomic E-state index is 12.3. The molecule has 0 aromatic heterocycles. The molecule has 0 aliphatic carbocycles. The number of ketones is 1. The summed E-state index contributed by atoms with van der Waals surface area (Å²) in [6.07, 6.45) is 0. The smallest absolute Gasteiger partial charge is 0.194 e. The highest BCUT2D eigenvalue weighted by Crippen LogP contribution is 2.22. The number of hydrogen-bond acceptors (Lipinski definition) is 1. The summed E-state index contributed by atoms with van der Waals surface area (Å²) in [5.74, 6) is -0.00255. The van der Waals surface area contributed by atoms with Gasteiger partial charge in [0.2, 0.25) is 0 Å². The Bertz CT molecular complexity index is 578. The lowest BCUT2D eigenvalue weighted by molar-refractivity contribution is 0.103. The molecule has 0 unspecified atom stereocenters. The quantitative estimate of drug-likeness (QED) is 0.738. The van der Waals surface area contributed by atoms with Crippen LogP contribution in [0.4, 0.5) is 0 Å². The first-order chi connectivity index (χ1) is 8.09. The van der Waals surface area contributed by atoms with Crippen LogP contribution in [-0.4, -0.2) is 5.78 Å². The molecule has 2 aromatic carbocycles. The highest BCUT2D eigenvalue weighted by Gasteiger charge is 2.12. The van der Waals surface area contributed by atoms with Crippen molar-refractivity contribution in [3.05, 3.63) is 68.7 Å². The van der Waals surface area contributed by atoms with Crippen molar-refractivity contribution in [2.24, 2.45) is 0 Å². The van der Waals surface area contributed by atoms with E-state index in [1.807, 2.05) is 31.2 Å². The van der Waals surface area contributed by atoms with Gasteiger partial charge in [0.1, 0.15) is 0 Å². The molecule has 2 rings (SSSR count). The largest absolute Gasteiger partial charge is 0.289 e. The molecule has 0 saturated heterocycles. The van der Waals surface area contributed by atoms with Crippen molar-refractivity contribution >= 4 is 33.3 Å². The standard InChI is InChI=1S/C14H10BrClO/c1-9-8-10(6-7-13(9)16)14(17)11-4-2-3-5-12(11)15/h2-8H,1H3. The van der Waals surface area contributed by atoms with Gasteiger partial charge >= 0.3 is 0 Å². The van der Waals surface area contributed by atoms with Crippen molar-refractivity contribution < 1.29 is 4.79 Å². The maximum Gasteiger partial charge on any atom is 0.194 e. The van der Waals surface area contributed by atoms with E-state index >= 15 is 0 Å². The number of rotatable bonds is 2. The lowest BCUT2D eigenvalue weighted by Crippen LogP contribution is -2.02. The predicted octanol–water partition coefficient (Wildman–Crippen LogP) is 4.64. The summed E-state index contributed by atoms with van der Waals surface area (Å²) in [6, 6.07) is 12.7. The molecule has 0 aliphatic heterocycles. The fourth-order valence-corrected chi connectivity index (χ4v) is 2.17. The van der Waals surface area contributed by atoms with Crippen LogP contribution in [-0.2, 0) is 0 Å². The Balaban J connectivity index is 2.44. The third-order valence-electron chi connectivity index (χ3n) is 2.54. The molecule has 1 nitrogen and oxygen atoms in total. The molecule has 0 radical (unpaired) electrons. The second-order valence-corrected chi connectivity index (χ2v) is 5.03. The SMILES string of the molecule is Cc1cc(C(=O)c2ccccc2Br)ccc1Cl. The number of hydrogen-bond donors (Lipinski definition) is 0. The molecular weight excluding hydrogens is 300 g/mol. The number of carbonyl (C=O) groups excluding carboxylic acids is 1. The molecule has 0 aliphatic rings. The van der Waals surface area contributed by atoms with Gasteiger partial charge in [0.15, 0.2) is 5.78 Å². The number of aryl methyl sites for hydroxylation is 1. The average molecular weight is 310 g/mol. The molecule has 0 N–H and O–H groups in total. The van der Waals surface area contributed by atoms with Gasteiger partial charge in [-0.1, -0.05) is 39.7 Å². The summed E-state index contributed by atoms with van der Waals surface area (Å²) >= 11 is 9.32. The lowest BCUT2D eigenvalue weighted by atomic mass is 10.0. The van der Waals surface area contributed by atoms with E-state index in [0.29, 0.717) is 16.1 Å². The van der Waals surface area contributed by atoms with E-state index in [4.69, 9.17) is 11.6 Å². The van der Waals surface area contributed by atoms with Gasteiger partial charge in [0.05, 0.1) is 0 Å². The minimum atomic E-state index is -0.00255. The van der Waals surface area contributed by atoms with E-state index < -0.39 is 0 Å². The molecule has 86 valence electrons. The average Bonchev–Trinajstić information content (AvgIpc) is 2.32. The minimum Gasteiger partial charge on any atom is -0.289 e. The summed E-state index contributed by atoms with van der Waals surface area (Å²) in [4.78, 5) is 12.3. The molecule has 0 heterocycles. The summed E-state index contributed by atoms with van der Waals surface area (Å²) in [5, 5.41) is 0.675. The van der Waals surface area contributed by atoms with Gasteiger partial charge in [-0.15, -0.1) is 0 Å². The maximum atomic E-state index is 12.3. The zero-order chi connectivity index (χ0) is 12.4. The van der Waals surface area contributed by atoms with Crippen molar-refractivity contribution in [3.8, 4) is 0 Å². The number of benzene rings is 2.